The van der Waals surface area contributed by atoms with Crippen LogP contribution in [0.2, 0.25) is 5.02 Å². The molecule has 0 aliphatic rings. The third kappa shape index (κ3) is 3.67. The minimum Gasteiger partial charge on any atom is -0.507 e. The summed E-state index contributed by atoms with van der Waals surface area (Å²) in [6.07, 6.45) is 0. The Bertz CT molecular complexity index is 1280. The van der Waals surface area contributed by atoms with E-state index in [9.17, 15) is 9.90 Å². The van der Waals surface area contributed by atoms with Gasteiger partial charge in [0.05, 0.1) is 0 Å². The van der Waals surface area contributed by atoms with E-state index in [4.69, 9.17) is 11.6 Å². The Morgan fingerprint density at radius 1 is 1.03 bits per heavy atom. The lowest BCUT2D eigenvalue weighted by Gasteiger charge is -2.12. The SMILES string of the molecule is Cc1cc(O)c(C(=NNC(=O)c2cc3ccccc3n2C)c2ccccc2)cc1Cl. The number of phenols is 1. The van der Waals surface area contributed by atoms with Crippen LogP contribution in [0.1, 0.15) is 27.2 Å². The number of hydrogen-bond acceptors (Lipinski definition) is 3. The fourth-order valence-corrected chi connectivity index (χ4v) is 3.57. The number of hydrazone groups is 1. The number of hydrogen-bond donors (Lipinski definition) is 2. The molecule has 5 nitrogen and oxygen atoms in total. The van der Waals surface area contributed by atoms with Gasteiger partial charge in [0.1, 0.15) is 17.2 Å². The van der Waals surface area contributed by atoms with E-state index < -0.39 is 0 Å². The van der Waals surface area contributed by atoms with Crippen molar-refractivity contribution in [1.29, 1.82) is 0 Å². The number of aryl methyl sites for hydroxylation is 2. The van der Waals surface area contributed by atoms with Gasteiger partial charge in [-0.05, 0) is 36.8 Å². The fourth-order valence-electron chi connectivity index (χ4n) is 3.40. The minimum absolute atomic E-state index is 0.0401. The molecule has 1 heterocycles. The number of nitrogens with zero attached hydrogens (tertiary/aromatic N) is 2. The number of carbonyl (C=O) groups is 1. The molecule has 0 fully saturated rings. The van der Waals surface area contributed by atoms with Gasteiger partial charge in [-0.3, -0.25) is 4.79 Å². The molecule has 0 aliphatic heterocycles. The number of benzene rings is 3. The molecule has 0 bridgehead atoms. The normalized spacial score (nSPS) is 11.6. The highest BCUT2D eigenvalue weighted by atomic mass is 35.5. The average molecular weight is 418 g/mol. The van der Waals surface area contributed by atoms with Gasteiger partial charge in [-0.2, -0.15) is 5.10 Å². The van der Waals surface area contributed by atoms with Crippen LogP contribution >= 0.6 is 11.6 Å². The van der Waals surface area contributed by atoms with Crippen molar-refractivity contribution in [3.05, 3.63) is 100 Å². The van der Waals surface area contributed by atoms with Crippen LogP contribution < -0.4 is 5.43 Å². The topological polar surface area (TPSA) is 66.6 Å². The Morgan fingerprint density at radius 3 is 2.47 bits per heavy atom. The number of aromatic nitrogens is 1. The quantitative estimate of drug-likeness (QED) is 0.361. The van der Waals surface area contributed by atoms with Crippen LogP contribution in [0.3, 0.4) is 0 Å². The first kappa shape index (κ1) is 19.7. The molecule has 1 amide bonds. The van der Waals surface area contributed by atoms with Gasteiger partial charge in [0.15, 0.2) is 0 Å². The zero-order valence-electron chi connectivity index (χ0n) is 16.6. The molecule has 0 unspecified atom stereocenters. The summed E-state index contributed by atoms with van der Waals surface area (Å²) < 4.78 is 1.82. The largest absolute Gasteiger partial charge is 0.507 e. The molecule has 0 spiro atoms. The number of fused-ring (bicyclic) bond motifs is 1. The standard InChI is InChI=1S/C24H20ClN3O2/c1-15-12-22(29)18(14-19(15)25)23(16-8-4-3-5-9-16)26-27-24(30)21-13-17-10-6-7-11-20(17)28(21)2/h3-14,29H,1-2H3,(H,27,30). The Hall–Kier alpha value is -3.57. The lowest BCUT2D eigenvalue weighted by molar-refractivity contribution is 0.0947. The number of rotatable bonds is 4. The predicted octanol–water partition coefficient (Wildman–Crippen LogP) is 5.03. The molecule has 150 valence electrons. The molecule has 2 N–H and O–H groups in total. The van der Waals surface area contributed by atoms with Gasteiger partial charge in [-0.15, -0.1) is 0 Å². The van der Waals surface area contributed by atoms with E-state index in [1.807, 2.05) is 79.2 Å². The van der Waals surface area contributed by atoms with E-state index in [1.165, 1.54) is 0 Å². The van der Waals surface area contributed by atoms with E-state index in [1.54, 1.807) is 12.1 Å². The van der Waals surface area contributed by atoms with Gasteiger partial charge in [0.25, 0.3) is 5.91 Å². The Kier molecular flexibility index (Phi) is 5.29. The highest BCUT2D eigenvalue weighted by Crippen LogP contribution is 2.28. The first-order chi connectivity index (χ1) is 14.5. The van der Waals surface area contributed by atoms with Gasteiger partial charge in [0, 0.05) is 34.1 Å². The second-order valence-corrected chi connectivity index (χ2v) is 7.44. The highest BCUT2D eigenvalue weighted by Gasteiger charge is 2.17. The van der Waals surface area contributed by atoms with E-state index in [0.29, 0.717) is 22.0 Å². The van der Waals surface area contributed by atoms with Crippen molar-refractivity contribution in [2.45, 2.75) is 6.92 Å². The number of halogens is 1. The van der Waals surface area contributed by atoms with Gasteiger partial charge in [-0.25, -0.2) is 5.43 Å². The molecule has 4 rings (SSSR count). The van der Waals surface area contributed by atoms with Crippen LogP contribution in [0, 0.1) is 6.92 Å². The minimum atomic E-state index is -0.347. The third-order valence-electron chi connectivity index (χ3n) is 5.03. The summed E-state index contributed by atoms with van der Waals surface area (Å²) in [5, 5.41) is 16.4. The van der Waals surface area contributed by atoms with Gasteiger partial charge >= 0.3 is 0 Å². The number of para-hydroxylation sites is 1. The van der Waals surface area contributed by atoms with Crippen LogP contribution in [0.25, 0.3) is 10.9 Å². The second-order valence-electron chi connectivity index (χ2n) is 7.03. The second kappa shape index (κ2) is 8.05. The molecule has 30 heavy (non-hydrogen) atoms. The first-order valence-corrected chi connectivity index (χ1v) is 9.81. The maximum atomic E-state index is 12.9. The number of phenolic OH excluding ortho intramolecular Hbond substituents is 1. The molecule has 0 saturated carbocycles. The van der Waals surface area contributed by atoms with Crippen LogP contribution in [-0.2, 0) is 7.05 Å². The Morgan fingerprint density at radius 2 is 1.73 bits per heavy atom. The van der Waals surface area contributed by atoms with Crippen molar-refractivity contribution >= 4 is 34.1 Å². The van der Waals surface area contributed by atoms with E-state index in [2.05, 4.69) is 10.5 Å². The Balaban J connectivity index is 1.75. The first-order valence-electron chi connectivity index (χ1n) is 9.43. The van der Waals surface area contributed by atoms with Crippen molar-refractivity contribution < 1.29 is 9.90 Å². The molecular formula is C24H20ClN3O2. The molecule has 4 aromatic rings. The van der Waals surface area contributed by atoms with Crippen molar-refractivity contribution in [1.82, 2.24) is 9.99 Å². The molecule has 0 atom stereocenters. The maximum Gasteiger partial charge on any atom is 0.288 e. The summed E-state index contributed by atoms with van der Waals surface area (Å²) in [6.45, 7) is 1.81. The van der Waals surface area contributed by atoms with Crippen LogP contribution in [0.5, 0.6) is 5.75 Å². The van der Waals surface area contributed by atoms with Gasteiger partial charge in [0.2, 0.25) is 0 Å². The van der Waals surface area contributed by atoms with Crippen molar-refractivity contribution in [2.24, 2.45) is 12.1 Å². The number of aromatic hydroxyl groups is 1. The van der Waals surface area contributed by atoms with Gasteiger partial charge < -0.3 is 9.67 Å². The van der Waals surface area contributed by atoms with E-state index in [0.717, 1.165) is 22.0 Å². The molecule has 0 saturated heterocycles. The highest BCUT2D eigenvalue weighted by molar-refractivity contribution is 6.32. The van der Waals surface area contributed by atoms with Crippen LogP contribution in [-0.4, -0.2) is 21.3 Å². The lowest BCUT2D eigenvalue weighted by Crippen LogP contribution is -2.22. The Labute approximate surface area is 179 Å². The van der Waals surface area contributed by atoms with Crippen LogP contribution in [0.15, 0.2) is 77.9 Å². The smallest absolute Gasteiger partial charge is 0.288 e. The summed E-state index contributed by atoms with van der Waals surface area (Å²) in [7, 11) is 1.84. The number of amides is 1. The molecule has 3 aromatic carbocycles. The fraction of sp³-hybridized carbons (Fsp3) is 0.0833. The van der Waals surface area contributed by atoms with E-state index in [-0.39, 0.29) is 11.7 Å². The average Bonchev–Trinajstić information content (AvgIpc) is 3.09. The number of nitrogens with one attached hydrogen (secondary N) is 1. The van der Waals surface area contributed by atoms with Crippen molar-refractivity contribution in [3.63, 3.8) is 0 Å². The number of carbonyl (C=O) groups excluding carboxylic acids is 1. The predicted molar refractivity (Wildman–Crippen MR) is 120 cm³/mol. The lowest BCUT2D eigenvalue weighted by atomic mass is 10.0. The van der Waals surface area contributed by atoms with Crippen molar-refractivity contribution in [2.75, 3.05) is 0 Å². The summed E-state index contributed by atoms with van der Waals surface area (Å²) in [5.74, 6) is -0.307. The maximum absolute atomic E-state index is 12.9. The van der Waals surface area contributed by atoms with Gasteiger partial charge in [-0.1, -0.05) is 60.1 Å². The van der Waals surface area contributed by atoms with Crippen LogP contribution in [0.4, 0.5) is 0 Å². The molecule has 6 heteroatoms. The monoisotopic (exact) mass is 417 g/mol. The molecule has 0 radical (unpaired) electrons. The molecule has 1 aromatic heterocycles. The molecular weight excluding hydrogens is 398 g/mol. The summed E-state index contributed by atoms with van der Waals surface area (Å²) >= 11 is 6.29. The van der Waals surface area contributed by atoms with E-state index >= 15 is 0 Å². The third-order valence-corrected chi connectivity index (χ3v) is 5.44. The zero-order valence-corrected chi connectivity index (χ0v) is 17.3. The summed E-state index contributed by atoms with van der Waals surface area (Å²) in [4.78, 5) is 12.9. The summed E-state index contributed by atoms with van der Waals surface area (Å²) in [6, 6.07) is 22.2. The molecule has 0 aliphatic carbocycles. The summed E-state index contributed by atoms with van der Waals surface area (Å²) in [5.41, 5.74) is 6.43. The van der Waals surface area contributed by atoms with Crippen molar-refractivity contribution in [3.8, 4) is 5.75 Å². The zero-order chi connectivity index (χ0) is 21.3.